The lowest BCUT2D eigenvalue weighted by molar-refractivity contribution is -0.135. The summed E-state index contributed by atoms with van der Waals surface area (Å²) in [7, 11) is 0. The van der Waals surface area contributed by atoms with Crippen LogP contribution in [-0.4, -0.2) is 22.2 Å². The predicted octanol–water partition coefficient (Wildman–Crippen LogP) is 2.35. The highest BCUT2D eigenvalue weighted by Crippen LogP contribution is 2.32. The van der Waals surface area contributed by atoms with Gasteiger partial charge in [0.2, 0.25) is 0 Å². The molecule has 0 aliphatic heterocycles. The molecule has 1 heterocycles. The van der Waals surface area contributed by atoms with Crippen molar-refractivity contribution in [1.82, 2.24) is 9.97 Å². The first-order chi connectivity index (χ1) is 11.1. The van der Waals surface area contributed by atoms with Crippen LogP contribution in [0, 0.1) is 17.2 Å². The molecule has 0 radical (unpaired) electrons. The SMILES string of the molecule is CSc1nc(-c2cccc(OC(=O)C3CC3)c2)c(C#N)c(=O)[nH]1. The Kier molecular flexibility index (Phi) is 4.17. The maximum atomic E-state index is 12.0. The van der Waals surface area contributed by atoms with Gasteiger partial charge in [0.25, 0.3) is 5.56 Å². The Labute approximate surface area is 136 Å². The van der Waals surface area contributed by atoms with Crippen molar-refractivity contribution >= 4 is 17.7 Å². The van der Waals surface area contributed by atoms with E-state index < -0.39 is 5.56 Å². The molecule has 116 valence electrons. The van der Waals surface area contributed by atoms with Crippen LogP contribution in [0.5, 0.6) is 5.75 Å². The van der Waals surface area contributed by atoms with E-state index in [1.807, 2.05) is 6.07 Å². The fraction of sp³-hybridized carbons (Fsp3) is 0.250. The van der Waals surface area contributed by atoms with Gasteiger partial charge in [0.1, 0.15) is 17.4 Å². The zero-order valence-electron chi connectivity index (χ0n) is 12.3. The van der Waals surface area contributed by atoms with Gasteiger partial charge in [0.15, 0.2) is 5.16 Å². The third kappa shape index (κ3) is 3.27. The first-order valence-electron chi connectivity index (χ1n) is 7.03. The zero-order valence-corrected chi connectivity index (χ0v) is 13.1. The predicted molar refractivity (Wildman–Crippen MR) is 85.1 cm³/mol. The summed E-state index contributed by atoms with van der Waals surface area (Å²) >= 11 is 1.28. The zero-order chi connectivity index (χ0) is 16.4. The third-order valence-corrected chi connectivity index (χ3v) is 4.02. The Balaban J connectivity index is 2.01. The lowest BCUT2D eigenvalue weighted by Crippen LogP contribution is -2.14. The quantitative estimate of drug-likeness (QED) is 0.401. The van der Waals surface area contributed by atoms with E-state index in [-0.39, 0.29) is 23.1 Å². The lowest BCUT2D eigenvalue weighted by Gasteiger charge is -2.08. The number of nitrogens with zero attached hydrogens (tertiary/aromatic N) is 2. The molecule has 3 rings (SSSR count). The van der Waals surface area contributed by atoms with Gasteiger partial charge in [-0.3, -0.25) is 9.59 Å². The number of hydrogen-bond acceptors (Lipinski definition) is 6. The van der Waals surface area contributed by atoms with Crippen LogP contribution < -0.4 is 10.3 Å². The van der Waals surface area contributed by atoms with Crippen molar-refractivity contribution in [3.63, 3.8) is 0 Å². The minimum atomic E-state index is -0.484. The number of H-pyrrole nitrogens is 1. The van der Waals surface area contributed by atoms with E-state index in [1.165, 1.54) is 11.8 Å². The van der Waals surface area contributed by atoms with Crippen LogP contribution in [0.4, 0.5) is 0 Å². The maximum absolute atomic E-state index is 12.0. The molecule has 0 unspecified atom stereocenters. The summed E-state index contributed by atoms with van der Waals surface area (Å²) in [5.74, 6) is 0.136. The van der Waals surface area contributed by atoms with E-state index in [9.17, 15) is 14.9 Å². The number of nitriles is 1. The second-order valence-electron chi connectivity index (χ2n) is 5.13. The fourth-order valence-corrected chi connectivity index (χ4v) is 2.46. The summed E-state index contributed by atoms with van der Waals surface area (Å²) < 4.78 is 5.32. The molecule has 1 aliphatic rings. The van der Waals surface area contributed by atoms with Crippen molar-refractivity contribution in [2.45, 2.75) is 18.0 Å². The van der Waals surface area contributed by atoms with Gasteiger partial charge in [-0.25, -0.2) is 4.98 Å². The molecule has 1 aliphatic carbocycles. The molecule has 0 atom stereocenters. The van der Waals surface area contributed by atoms with Gasteiger partial charge >= 0.3 is 5.97 Å². The molecule has 1 fully saturated rings. The monoisotopic (exact) mass is 327 g/mol. The number of benzene rings is 1. The molecule has 0 bridgehead atoms. The Hall–Kier alpha value is -2.59. The van der Waals surface area contributed by atoms with Crippen molar-refractivity contribution in [1.29, 1.82) is 5.26 Å². The molecular formula is C16H13N3O3S. The number of rotatable bonds is 4. The van der Waals surface area contributed by atoms with Crippen molar-refractivity contribution in [2.24, 2.45) is 5.92 Å². The molecule has 1 aromatic carbocycles. The van der Waals surface area contributed by atoms with Crippen molar-refractivity contribution in [3.8, 4) is 23.1 Å². The molecule has 7 heteroatoms. The standard InChI is InChI=1S/C16H13N3O3S/c1-23-16-18-13(12(8-17)14(20)19-16)10-3-2-4-11(7-10)22-15(21)9-5-6-9/h2-4,7,9H,5-6H2,1H3,(H,18,19,20). The Bertz CT molecular complexity index is 866. The highest BCUT2D eigenvalue weighted by Gasteiger charge is 2.31. The normalized spacial score (nSPS) is 13.4. The molecule has 23 heavy (non-hydrogen) atoms. The summed E-state index contributed by atoms with van der Waals surface area (Å²) in [5.41, 5.74) is 0.296. The van der Waals surface area contributed by atoms with Crippen LogP contribution in [0.15, 0.2) is 34.2 Å². The summed E-state index contributed by atoms with van der Waals surface area (Å²) in [4.78, 5) is 30.6. The maximum Gasteiger partial charge on any atom is 0.314 e. The second-order valence-corrected chi connectivity index (χ2v) is 5.93. The van der Waals surface area contributed by atoms with E-state index in [0.717, 1.165) is 12.8 Å². The van der Waals surface area contributed by atoms with Gasteiger partial charge in [-0.05, 0) is 31.2 Å². The smallest absolute Gasteiger partial charge is 0.314 e. The van der Waals surface area contributed by atoms with Crippen LogP contribution in [0.3, 0.4) is 0 Å². The molecule has 1 N–H and O–H groups in total. The largest absolute Gasteiger partial charge is 0.426 e. The number of nitrogens with one attached hydrogen (secondary N) is 1. The number of thioether (sulfide) groups is 1. The minimum Gasteiger partial charge on any atom is -0.426 e. The van der Waals surface area contributed by atoms with E-state index in [2.05, 4.69) is 9.97 Å². The molecule has 0 spiro atoms. The van der Waals surface area contributed by atoms with Gasteiger partial charge < -0.3 is 9.72 Å². The summed E-state index contributed by atoms with van der Waals surface area (Å²) in [6.45, 7) is 0. The topological polar surface area (TPSA) is 95.8 Å². The Morgan fingerprint density at radius 2 is 2.26 bits per heavy atom. The van der Waals surface area contributed by atoms with Crippen LogP contribution in [0.2, 0.25) is 0 Å². The van der Waals surface area contributed by atoms with Crippen molar-refractivity contribution in [2.75, 3.05) is 6.26 Å². The van der Waals surface area contributed by atoms with Gasteiger partial charge in [-0.1, -0.05) is 23.9 Å². The van der Waals surface area contributed by atoms with Crippen LogP contribution in [0.25, 0.3) is 11.3 Å². The number of aromatic amines is 1. The van der Waals surface area contributed by atoms with Crippen LogP contribution >= 0.6 is 11.8 Å². The average molecular weight is 327 g/mol. The highest BCUT2D eigenvalue weighted by atomic mass is 32.2. The number of hydrogen-bond donors (Lipinski definition) is 1. The average Bonchev–Trinajstić information content (AvgIpc) is 3.39. The number of aromatic nitrogens is 2. The van der Waals surface area contributed by atoms with Gasteiger partial charge in [0, 0.05) is 5.56 Å². The lowest BCUT2D eigenvalue weighted by atomic mass is 10.1. The molecular weight excluding hydrogens is 314 g/mol. The Morgan fingerprint density at radius 1 is 1.48 bits per heavy atom. The number of carbonyl (C=O) groups is 1. The van der Waals surface area contributed by atoms with E-state index in [0.29, 0.717) is 16.5 Å². The number of esters is 1. The van der Waals surface area contributed by atoms with Crippen molar-refractivity contribution in [3.05, 3.63) is 40.2 Å². The molecule has 2 aromatic rings. The fourth-order valence-electron chi connectivity index (χ4n) is 2.09. The van der Waals surface area contributed by atoms with Gasteiger partial charge in [-0.15, -0.1) is 0 Å². The van der Waals surface area contributed by atoms with E-state index in [1.54, 1.807) is 30.5 Å². The first-order valence-corrected chi connectivity index (χ1v) is 8.25. The van der Waals surface area contributed by atoms with Gasteiger partial charge in [-0.2, -0.15) is 5.26 Å². The van der Waals surface area contributed by atoms with E-state index >= 15 is 0 Å². The summed E-state index contributed by atoms with van der Waals surface area (Å²) in [6, 6.07) is 8.59. The number of carbonyl (C=O) groups excluding carboxylic acids is 1. The first kappa shape index (κ1) is 15.3. The van der Waals surface area contributed by atoms with Crippen LogP contribution in [-0.2, 0) is 4.79 Å². The molecule has 0 saturated heterocycles. The number of ether oxygens (including phenoxy) is 1. The second kappa shape index (κ2) is 6.26. The minimum absolute atomic E-state index is 0.00545. The molecule has 0 amide bonds. The third-order valence-electron chi connectivity index (χ3n) is 3.44. The van der Waals surface area contributed by atoms with Crippen molar-refractivity contribution < 1.29 is 9.53 Å². The highest BCUT2D eigenvalue weighted by molar-refractivity contribution is 7.98. The summed E-state index contributed by atoms with van der Waals surface area (Å²) in [6.07, 6.45) is 3.51. The summed E-state index contributed by atoms with van der Waals surface area (Å²) in [5, 5.41) is 9.64. The molecule has 6 nitrogen and oxygen atoms in total. The van der Waals surface area contributed by atoms with Crippen LogP contribution in [0.1, 0.15) is 18.4 Å². The molecule has 1 aromatic heterocycles. The van der Waals surface area contributed by atoms with Gasteiger partial charge in [0.05, 0.1) is 11.6 Å². The Morgan fingerprint density at radius 3 is 2.91 bits per heavy atom. The molecule has 1 saturated carbocycles. The van der Waals surface area contributed by atoms with E-state index in [4.69, 9.17) is 4.74 Å².